The number of aromatic nitrogens is 1. The molecule has 1 N–H and O–H groups in total. The minimum Gasteiger partial charge on any atom is -0.381 e. The van der Waals surface area contributed by atoms with E-state index in [2.05, 4.69) is 10.3 Å². The van der Waals surface area contributed by atoms with Gasteiger partial charge in [0.25, 0.3) is 5.91 Å². The van der Waals surface area contributed by atoms with Crippen LogP contribution in [0.3, 0.4) is 0 Å². The summed E-state index contributed by atoms with van der Waals surface area (Å²) in [6, 6.07) is 9.67. The van der Waals surface area contributed by atoms with Crippen molar-refractivity contribution in [1.82, 2.24) is 10.3 Å². The average Bonchev–Trinajstić information content (AvgIpc) is 2.62. The van der Waals surface area contributed by atoms with Crippen molar-refractivity contribution in [1.29, 1.82) is 0 Å². The van der Waals surface area contributed by atoms with Gasteiger partial charge in [0.2, 0.25) is 0 Å². The van der Waals surface area contributed by atoms with Crippen molar-refractivity contribution in [3.05, 3.63) is 42.1 Å². The van der Waals surface area contributed by atoms with Gasteiger partial charge < -0.3 is 14.8 Å². The minimum absolute atomic E-state index is 0.0186. The summed E-state index contributed by atoms with van der Waals surface area (Å²) >= 11 is 0. The highest BCUT2D eigenvalue weighted by molar-refractivity contribution is 5.98. The fourth-order valence-electron chi connectivity index (χ4n) is 3.73. The molecule has 0 radical (unpaired) electrons. The molecule has 0 saturated carbocycles. The van der Waals surface area contributed by atoms with Crippen LogP contribution >= 0.6 is 0 Å². The van der Waals surface area contributed by atoms with E-state index in [0.717, 1.165) is 49.8 Å². The summed E-state index contributed by atoms with van der Waals surface area (Å²) < 4.78 is 11.5. The Hall–Kier alpha value is -1.98. The Morgan fingerprint density at radius 2 is 2.08 bits per heavy atom. The smallest absolute Gasteiger partial charge is 0.251 e. The summed E-state index contributed by atoms with van der Waals surface area (Å²) in [5, 5.41) is 4.18. The highest BCUT2D eigenvalue weighted by Gasteiger charge is 2.39. The molecule has 0 unspecified atom stereocenters. The first-order valence-electron chi connectivity index (χ1n) is 8.62. The van der Waals surface area contributed by atoms with Crippen LogP contribution in [-0.2, 0) is 9.47 Å². The molecule has 3 heterocycles. The van der Waals surface area contributed by atoms with Crippen LogP contribution in [0.4, 0.5) is 0 Å². The standard InChI is InChI=1S/C19H22N2O3/c22-18(15-3-4-17-14(12-15)2-1-8-20-17)21-16-5-9-24-19(13-16)6-10-23-11-7-19/h1-4,8,12,16H,5-7,9-11,13H2,(H,21,22)/t16-/m0/s1. The number of ether oxygens (including phenoxy) is 2. The zero-order chi connectivity index (χ0) is 16.4. The highest BCUT2D eigenvalue weighted by Crippen LogP contribution is 2.34. The molecule has 1 aromatic carbocycles. The van der Waals surface area contributed by atoms with Gasteiger partial charge in [-0.15, -0.1) is 0 Å². The van der Waals surface area contributed by atoms with Crippen LogP contribution < -0.4 is 5.32 Å². The Morgan fingerprint density at radius 1 is 1.21 bits per heavy atom. The number of pyridine rings is 1. The van der Waals surface area contributed by atoms with E-state index >= 15 is 0 Å². The Bertz CT molecular complexity index is 735. The number of amides is 1. The third kappa shape index (κ3) is 3.14. The number of benzene rings is 1. The summed E-state index contributed by atoms with van der Waals surface area (Å²) in [4.78, 5) is 16.9. The quantitative estimate of drug-likeness (QED) is 0.922. The first kappa shape index (κ1) is 15.5. The number of carbonyl (C=O) groups excluding carboxylic acids is 1. The van der Waals surface area contributed by atoms with Gasteiger partial charge in [-0.3, -0.25) is 9.78 Å². The SMILES string of the molecule is O=C(N[C@H]1CCOC2(CCOCC2)C1)c1ccc2ncccc2c1. The molecule has 24 heavy (non-hydrogen) atoms. The van der Waals surface area contributed by atoms with Crippen molar-refractivity contribution in [2.45, 2.75) is 37.3 Å². The predicted octanol–water partition coefficient (Wildman–Crippen LogP) is 2.69. The van der Waals surface area contributed by atoms with Gasteiger partial charge in [-0.25, -0.2) is 0 Å². The lowest BCUT2D eigenvalue weighted by atomic mass is 9.84. The molecule has 126 valence electrons. The maximum Gasteiger partial charge on any atom is 0.251 e. The molecule has 4 rings (SSSR count). The van der Waals surface area contributed by atoms with Gasteiger partial charge in [0.05, 0.1) is 11.1 Å². The fraction of sp³-hybridized carbons (Fsp3) is 0.474. The lowest BCUT2D eigenvalue weighted by Crippen LogP contribution is -2.51. The van der Waals surface area contributed by atoms with Crippen LogP contribution in [0.2, 0.25) is 0 Å². The minimum atomic E-state index is -0.109. The van der Waals surface area contributed by atoms with Crippen LogP contribution in [0.15, 0.2) is 36.5 Å². The summed E-state index contributed by atoms with van der Waals surface area (Å²) in [5.74, 6) is -0.0186. The van der Waals surface area contributed by atoms with Gasteiger partial charge in [-0.05, 0) is 49.9 Å². The maximum absolute atomic E-state index is 12.6. The van der Waals surface area contributed by atoms with Gasteiger partial charge in [0.15, 0.2) is 0 Å². The van der Waals surface area contributed by atoms with Gasteiger partial charge in [-0.2, -0.15) is 0 Å². The van der Waals surface area contributed by atoms with Crippen molar-refractivity contribution < 1.29 is 14.3 Å². The molecule has 2 saturated heterocycles. The van der Waals surface area contributed by atoms with Crippen LogP contribution in [0, 0.1) is 0 Å². The first-order valence-corrected chi connectivity index (χ1v) is 8.62. The predicted molar refractivity (Wildman–Crippen MR) is 91.0 cm³/mol. The number of nitrogens with zero attached hydrogens (tertiary/aromatic N) is 1. The third-order valence-electron chi connectivity index (χ3n) is 5.10. The summed E-state index contributed by atoms with van der Waals surface area (Å²) in [5.41, 5.74) is 1.48. The van der Waals surface area contributed by atoms with Crippen LogP contribution in [0.25, 0.3) is 10.9 Å². The number of hydrogen-bond donors (Lipinski definition) is 1. The van der Waals surface area contributed by atoms with Crippen LogP contribution in [-0.4, -0.2) is 42.4 Å². The van der Waals surface area contributed by atoms with Gasteiger partial charge in [0.1, 0.15) is 0 Å². The second-order valence-corrected chi connectivity index (χ2v) is 6.72. The lowest BCUT2D eigenvalue weighted by molar-refractivity contribution is -0.139. The third-order valence-corrected chi connectivity index (χ3v) is 5.10. The van der Waals surface area contributed by atoms with Crippen molar-refractivity contribution >= 4 is 16.8 Å². The molecular formula is C19H22N2O3. The molecule has 1 spiro atoms. The molecule has 2 aliphatic rings. The molecule has 2 aliphatic heterocycles. The number of hydrogen-bond acceptors (Lipinski definition) is 4. The van der Waals surface area contributed by atoms with E-state index in [4.69, 9.17) is 9.47 Å². The summed E-state index contributed by atoms with van der Waals surface area (Å²) in [6.07, 6.45) is 5.33. The summed E-state index contributed by atoms with van der Waals surface area (Å²) in [6.45, 7) is 2.20. The van der Waals surface area contributed by atoms with Crippen molar-refractivity contribution in [3.63, 3.8) is 0 Å². The zero-order valence-electron chi connectivity index (χ0n) is 13.7. The molecule has 5 nitrogen and oxygen atoms in total. The zero-order valence-corrected chi connectivity index (χ0v) is 13.7. The van der Waals surface area contributed by atoms with E-state index < -0.39 is 0 Å². The Balaban J connectivity index is 1.46. The first-order chi connectivity index (χ1) is 11.7. The molecule has 0 bridgehead atoms. The lowest BCUT2D eigenvalue weighted by Gasteiger charge is -2.43. The van der Waals surface area contributed by atoms with Gasteiger partial charge in [0, 0.05) is 43.0 Å². The number of fused-ring (bicyclic) bond motifs is 1. The molecule has 1 aromatic heterocycles. The van der Waals surface area contributed by atoms with Crippen molar-refractivity contribution in [2.75, 3.05) is 19.8 Å². The van der Waals surface area contributed by atoms with Gasteiger partial charge in [-0.1, -0.05) is 6.07 Å². The molecule has 2 aromatic rings. The Morgan fingerprint density at radius 3 is 2.96 bits per heavy atom. The molecule has 5 heteroatoms. The van der Waals surface area contributed by atoms with Gasteiger partial charge >= 0.3 is 0 Å². The highest BCUT2D eigenvalue weighted by atomic mass is 16.5. The molecule has 2 fully saturated rings. The Labute approximate surface area is 141 Å². The molecular weight excluding hydrogens is 304 g/mol. The monoisotopic (exact) mass is 326 g/mol. The molecule has 1 amide bonds. The Kier molecular flexibility index (Phi) is 4.21. The van der Waals surface area contributed by atoms with Crippen LogP contribution in [0.1, 0.15) is 36.0 Å². The fourth-order valence-corrected chi connectivity index (χ4v) is 3.73. The van der Waals surface area contributed by atoms with Crippen LogP contribution in [0.5, 0.6) is 0 Å². The normalized spacial score (nSPS) is 23.2. The van der Waals surface area contributed by atoms with E-state index in [0.29, 0.717) is 12.2 Å². The number of rotatable bonds is 2. The van der Waals surface area contributed by atoms with E-state index in [-0.39, 0.29) is 17.6 Å². The maximum atomic E-state index is 12.6. The van der Waals surface area contributed by atoms with E-state index in [9.17, 15) is 4.79 Å². The number of nitrogens with one attached hydrogen (secondary N) is 1. The van der Waals surface area contributed by atoms with Crippen molar-refractivity contribution in [2.24, 2.45) is 0 Å². The van der Waals surface area contributed by atoms with E-state index in [1.165, 1.54) is 0 Å². The van der Waals surface area contributed by atoms with E-state index in [1.807, 2.05) is 30.3 Å². The molecule has 1 atom stereocenters. The average molecular weight is 326 g/mol. The largest absolute Gasteiger partial charge is 0.381 e. The second-order valence-electron chi connectivity index (χ2n) is 6.72. The summed E-state index contributed by atoms with van der Waals surface area (Å²) in [7, 11) is 0. The topological polar surface area (TPSA) is 60.5 Å². The second kappa shape index (κ2) is 6.49. The molecule has 0 aliphatic carbocycles. The van der Waals surface area contributed by atoms with E-state index in [1.54, 1.807) is 6.20 Å². The number of carbonyl (C=O) groups is 1. The van der Waals surface area contributed by atoms with Crippen molar-refractivity contribution in [3.8, 4) is 0 Å².